The Morgan fingerprint density at radius 3 is 2.26 bits per heavy atom. The summed E-state index contributed by atoms with van der Waals surface area (Å²) in [5.74, 6) is 0.765. The minimum absolute atomic E-state index is 0.242. The van der Waals surface area contributed by atoms with Crippen LogP contribution in [0, 0.1) is 17.8 Å². The zero-order valence-corrected chi connectivity index (χ0v) is 12.4. The summed E-state index contributed by atoms with van der Waals surface area (Å²) in [6.45, 7) is 7.93. The lowest BCUT2D eigenvalue weighted by molar-refractivity contribution is -0.138. The molecule has 0 radical (unpaired) electrons. The van der Waals surface area contributed by atoms with E-state index in [2.05, 4.69) is 20.8 Å². The van der Waals surface area contributed by atoms with Gasteiger partial charge in [-0.25, -0.2) is 0 Å². The molecule has 19 heavy (non-hydrogen) atoms. The number of carbonyl (C=O) groups excluding carboxylic acids is 1. The van der Waals surface area contributed by atoms with Gasteiger partial charge in [-0.3, -0.25) is 9.59 Å². The van der Waals surface area contributed by atoms with Crippen molar-refractivity contribution in [3.63, 3.8) is 0 Å². The predicted octanol–water partition coefficient (Wildman–Crippen LogP) is 2.77. The van der Waals surface area contributed by atoms with Gasteiger partial charge in [0.2, 0.25) is 5.91 Å². The number of hydrogen-bond acceptors (Lipinski definition) is 2. The number of amides is 1. The molecule has 1 unspecified atom stereocenters. The summed E-state index contributed by atoms with van der Waals surface area (Å²) in [6, 6.07) is 0. The van der Waals surface area contributed by atoms with E-state index in [0.717, 1.165) is 32.4 Å². The van der Waals surface area contributed by atoms with Crippen molar-refractivity contribution >= 4 is 11.9 Å². The fraction of sp³-hybridized carbons (Fsp3) is 0.867. The second-order valence-corrected chi connectivity index (χ2v) is 6.04. The van der Waals surface area contributed by atoms with Crippen LogP contribution in [0.5, 0.6) is 0 Å². The fourth-order valence-electron chi connectivity index (χ4n) is 2.84. The van der Waals surface area contributed by atoms with Crippen molar-refractivity contribution < 1.29 is 14.7 Å². The Hall–Kier alpha value is -1.06. The smallest absolute Gasteiger partial charge is 0.303 e. The zero-order valence-electron chi connectivity index (χ0n) is 12.4. The monoisotopic (exact) mass is 269 g/mol. The number of carboxylic acids is 1. The van der Waals surface area contributed by atoms with E-state index in [9.17, 15) is 9.59 Å². The Morgan fingerprint density at radius 1 is 1.26 bits per heavy atom. The van der Waals surface area contributed by atoms with Crippen LogP contribution >= 0.6 is 0 Å². The SMILES string of the molecule is CCC(CC(=O)N1CCC(CC(=O)O)CC1)C(C)C. The topological polar surface area (TPSA) is 57.6 Å². The molecule has 4 nitrogen and oxygen atoms in total. The van der Waals surface area contributed by atoms with E-state index in [0.29, 0.717) is 18.3 Å². The number of hydrogen-bond donors (Lipinski definition) is 1. The highest BCUT2D eigenvalue weighted by atomic mass is 16.4. The molecule has 110 valence electrons. The number of aliphatic carboxylic acids is 1. The summed E-state index contributed by atoms with van der Waals surface area (Å²) >= 11 is 0. The molecule has 0 aromatic heterocycles. The number of likely N-dealkylation sites (tertiary alicyclic amines) is 1. The van der Waals surface area contributed by atoms with Gasteiger partial charge in [0.05, 0.1) is 0 Å². The van der Waals surface area contributed by atoms with Crippen molar-refractivity contribution in [2.24, 2.45) is 17.8 Å². The van der Waals surface area contributed by atoms with Gasteiger partial charge >= 0.3 is 5.97 Å². The number of piperidine rings is 1. The summed E-state index contributed by atoms with van der Waals surface area (Å²) in [5.41, 5.74) is 0. The molecule has 1 atom stereocenters. The van der Waals surface area contributed by atoms with E-state index in [-0.39, 0.29) is 18.2 Å². The van der Waals surface area contributed by atoms with Crippen LogP contribution in [0.25, 0.3) is 0 Å². The van der Waals surface area contributed by atoms with E-state index >= 15 is 0 Å². The standard InChI is InChI=1S/C15H27NO3/c1-4-13(11(2)3)10-14(17)16-7-5-12(6-8-16)9-15(18)19/h11-13H,4-10H2,1-3H3,(H,18,19). The molecule has 1 heterocycles. The van der Waals surface area contributed by atoms with E-state index in [1.54, 1.807) is 0 Å². The molecule has 1 saturated heterocycles. The van der Waals surface area contributed by atoms with Crippen molar-refractivity contribution in [3.05, 3.63) is 0 Å². The fourth-order valence-corrected chi connectivity index (χ4v) is 2.84. The van der Waals surface area contributed by atoms with Crippen LogP contribution in [-0.4, -0.2) is 35.0 Å². The van der Waals surface area contributed by atoms with E-state index < -0.39 is 5.97 Å². The van der Waals surface area contributed by atoms with Crippen molar-refractivity contribution in [1.82, 2.24) is 4.90 Å². The Kier molecular flexibility index (Phi) is 6.32. The van der Waals surface area contributed by atoms with Gasteiger partial charge in [0.1, 0.15) is 0 Å². The number of carbonyl (C=O) groups is 2. The first-order valence-electron chi connectivity index (χ1n) is 7.43. The molecule has 0 aliphatic carbocycles. The van der Waals surface area contributed by atoms with Gasteiger partial charge in [0.25, 0.3) is 0 Å². The first kappa shape index (κ1) is 16.0. The van der Waals surface area contributed by atoms with Crippen molar-refractivity contribution in [2.75, 3.05) is 13.1 Å². The highest BCUT2D eigenvalue weighted by Crippen LogP contribution is 2.24. The lowest BCUT2D eigenvalue weighted by Crippen LogP contribution is -2.39. The molecule has 1 aliphatic heterocycles. The third kappa shape index (κ3) is 5.21. The molecule has 0 spiro atoms. The Balaban J connectivity index is 2.38. The van der Waals surface area contributed by atoms with Crippen LogP contribution < -0.4 is 0 Å². The predicted molar refractivity (Wildman–Crippen MR) is 74.8 cm³/mol. The summed E-state index contributed by atoms with van der Waals surface area (Å²) < 4.78 is 0. The molecule has 1 aliphatic rings. The van der Waals surface area contributed by atoms with Crippen molar-refractivity contribution in [1.29, 1.82) is 0 Å². The van der Waals surface area contributed by atoms with Crippen LogP contribution in [-0.2, 0) is 9.59 Å². The molecule has 0 aromatic rings. The molecular formula is C15H27NO3. The Morgan fingerprint density at radius 2 is 1.84 bits per heavy atom. The molecule has 1 amide bonds. The normalized spacial score (nSPS) is 18.6. The van der Waals surface area contributed by atoms with Crippen LogP contribution in [0.2, 0.25) is 0 Å². The number of rotatable bonds is 6. The van der Waals surface area contributed by atoms with Crippen molar-refractivity contribution in [3.8, 4) is 0 Å². The zero-order chi connectivity index (χ0) is 14.4. The lowest BCUT2D eigenvalue weighted by atomic mass is 9.88. The minimum Gasteiger partial charge on any atom is -0.481 e. The van der Waals surface area contributed by atoms with Crippen LogP contribution in [0.3, 0.4) is 0 Å². The van der Waals surface area contributed by atoms with E-state index in [4.69, 9.17) is 5.11 Å². The van der Waals surface area contributed by atoms with Crippen LogP contribution in [0.15, 0.2) is 0 Å². The van der Waals surface area contributed by atoms with Gasteiger partial charge in [0.15, 0.2) is 0 Å². The summed E-state index contributed by atoms with van der Waals surface area (Å²) in [5, 5.41) is 8.77. The summed E-state index contributed by atoms with van der Waals surface area (Å²) in [4.78, 5) is 24.8. The average molecular weight is 269 g/mol. The molecule has 1 rings (SSSR count). The van der Waals surface area contributed by atoms with Crippen molar-refractivity contribution in [2.45, 2.75) is 52.9 Å². The van der Waals surface area contributed by atoms with Gasteiger partial charge in [-0.1, -0.05) is 27.2 Å². The molecule has 0 saturated carbocycles. The number of carboxylic acid groups (broad SMARTS) is 1. The highest BCUT2D eigenvalue weighted by Gasteiger charge is 2.26. The molecular weight excluding hydrogens is 242 g/mol. The molecule has 1 N–H and O–H groups in total. The molecule has 1 fully saturated rings. The first-order chi connectivity index (χ1) is 8.93. The Bertz CT molecular complexity index is 307. The van der Waals surface area contributed by atoms with E-state index in [1.165, 1.54) is 0 Å². The van der Waals surface area contributed by atoms with E-state index in [1.807, 2.05) is 4.90 Å². The highest BCUT2D eigenvalue weighted by molar-refractivity contribution is 5.76. The second-order valence-electron chi connectivity index (χ2n) is 6.04. The molecule has 0 aromatic carbocycles. The maximum absolute atomic E-state index is 12.2. The van der Waals surface area contributed by atoms with Gasteiger partial charge in [-0.15, -0.1) is 0 Å². The van der Waals surface area contributed by atoms with Gasteiger partial charge in [0, 0.05) is 25.9 Å². The first-order valence-corrected chi connectivity index (χ1v) is 7.43. The van der Waals surface area contributed by atoms with Crippen LogP contribution in [0.1, 0.15) is 52.9 Å². The third-order valence-electron chi connectivity index (χ3n) is 4.33. The largest absolute Gasteiger partial charge is 0.481 e. The van der Waals surface area contributed by atoms with Gasteiger partial charge in [-0.2, -0.15) is 0 Å². The minimum atomic E-state index is -0.726. The van der Waals surface area contributed by atoms with Gasteiger partial charge < -0.3 is 10.0 Å². The maximum atomic E-state index is 12.2. The summed E-state index contributed by atoms with van der Waals surface area (Å²) in [7, 11) is 0. The molecule has 0 bridgehead atoms. The summed E-state index contributed by atoms with van der Waals surface area (Å²) in [6.07, 6.45) is 3.58. The Labute approximate surface area is 116 Å². The third-order valence-corrected chi connectivity index (χ3v) is 4.33. The maximum Gasteiger partial charge on any atom is 0.303 e. The second kappa shape index (κ2) is 7.51. The quantitative estimate of drug-likeness (QED) is 0.806. The lowest BCUT2D eigenvalue weighted by Gasteiger charge is -2.32. The molecule has 4 heteroatoms. The number of nitrogens with zero attached hydrogens (tertiary/aromatic N) is 1. The average Bonchev–Trinajstić information content (AvgIpc) is 2.35. The van der Waals surface area contributed by atoms with Gasteiger partial charge in [-0.05, 0) is 30.6 Å². The van der Waals surface area contributed by atoms with Crippen LogP contribution in [0.4, 0.5) is 0 Å².